The maximum absolute atomic E-state index is 12.8. The number of benzene rings is 1. The van der Waals surface area contributed by atoms with Crippen LogP contribution in [0, 0.1) is 27.7 Å². The lowest BCUT2D eigenvalue weighted by atomic mass is 10.2. The average molecular weight is 381 g/mol. The lowest BCUT2D eigenvalue weighted by Crippen LogP contribution is -2.14. The summed E-state index contributed by atoms with van der Waals surface area (Å²) in [5.41, 5.74) is 2.74. The summed E-state index contributed by atoms with van der Waals surface area (Å²) in [5, 5.41) is 8.20. The molecule has 0 spiro atoms. The molecule has 1 aromatic carbocycles. The number of nitrogens with zero attached hydrogens (tertiary/aromatic N) is 2. The molecule has 0 saturated carbocycles. The van der Waals surface area contributed by atoms with E-state index < -0.39 is 10.0 Å². The zero-order valence-electron chi connectivity index (χ0n) is 14.1. The van der Waals surface area contributed by atoms with Crippen molar-refractivity contribution in [2.75, 3.05) is 4.72 Å². The van der Waals surface area contributed by atoms with Gasteiger partial charge in [-0.3, -0.25) is 4.72 Å². The molecule has 0 atom stereocenters. The number of anilines is 1. The Morgan fingerprint density at radius 2 is 1.88 bits per heavy atom. The molecule has 9 heteroatoms. The Labute approximate surface area is 150 Å². The Morgan fingerprint density at radius 1 is 1.16 bits per heavy atom. The SMILES string of the molecule is Cc1nnc(-c2[nH]c(C)c(S(=O)(=O)Nc3ccc(C)c(Cl)c3)c2C)o1. The number of H-pyrrole nitrogens is 1. The van der Waals surface area contributed by atoms with Crippen LogP contribution in [0.1, 0.15) is 22.7 Å². The molecule has 0 amide bonds. The van der Waals surface area contributed by atoms with Crippen molar-refractivity contribution in [2.45, 2.75) is 32.6 Å². The van der Waals surface area contributed by atoms with Crippen molar-refractivity contribution in [3.05, 3.63) is 45.9 Å². The standard InChI is InChI=1S/C16H17ClN4O3S/c1-8-5-6-12(7-13(8)17)21-25(22,23)15-9(2)14(18-10(15)3)16-20-19-11(4)24-16/h5-7,18,21H,1-4H3. The van der Waals surface area contributed by atoms with Gasteiger partial charge in [-0.15, -0.1) is 10.2 Å². The topological polar surface area (TPSA) is 101 Å². The number of hydrogen-bond acceptors (Lipinski definition) is 5. The molecule has 3 rings (SSSR count). The quantitative estimate of drug-likeness (QED) is 0.717. The van der Waals surface area contributed by atoms with Gasteiger partial charge in [0.05, 0.1) is 5.69 Å². The number of sulfonamides is 1. The van der Waals surface area contributed by atoms with Crippen LogP contribution in [0.5, 0.6) is 0 Å². The van der Waals surface area contributed by atoms with Gasteiger partial charge in [0.1, 0.15) is 10.6 Å². The molecule has 0 fully saturated rings. The fraction of sp³-hybridized carbons (Fsp3) is 0.250. The average Bonchev–Trinajstić information content (AvgIpc) is 3.06. The summed E-state index contributed by atoms with van der Waals surface area (Å²) in [7, 11) is -3.81. The van der Waals surface area contributed by atoms with E-state index >= 15 is 0 Å². The number of rotatable bonds is 4. The number of aromatic nitrogens is 3. The van der Waals surface area contributed by atoms with E-state index in [1.54, 1.807) is 39.0 Å². The van der Waals surface area contributed by atoms with Gasteiger partial charge in [0.2, 0.25) is 5.89 Å². The van der Waals surface area contributed by atoms with E-state index in [-0.39, 0.29) is 10.8 Å². The predicted octanol–water partition coefficient (Wildman–Crippen LogP) is 3.75. The van der Waals surface area contributed by atoms with Crippen LogP contribution >= 0.6 is 11.6 Å². The molecule has 0 radical (unpaired) electrons. The maximum atomic E-state index is 12.8. The van der Waals surface area contributed by atoms with Crippen LogP contribution in [0.4, 0.5) is 5.69 Å². The van der Waals surface area contributed by atoms with Crippen LogP contribution in [-0.2, 0) is 10.0 Å². The molecule has 25 heavy (non-hydrogen) atoms. The highest BCUT2D eigenvalue weighted by Gasteiger charge is 2.26. The first-order valence-electron chi connectivity index (χ1n) is 7.47. The normalized spacial score (nSPS) is 11.7. The number of hydrogen-bond donors (Lipinski definition) is 2. The molecular formula is C16H17ClN4O3S. The maximum Gasteiger partial charge on any atom is 0.264 e. The van der Waals surface area contributed by atoms with Gasteiger partial charge in [-0.05, 0) is 38.5 Å². The first kappa shape index (κ1) is 17.5. The Hall–Kier alpha value is -2.32. The Morgan fingerprint density at radius 3 is 2.48 bits per heavy atom. The highest BCUT2D eigenvalue weighted by molar-refractivity contribution is 7.92. The summed E-state index contributed by atoms with van der Waals surface area (Å²) in [4.78, 5) is 3.16. The van der Waals surface area contributed by atoms with E-state index in [0.717, 1.165) is 5.56 Å². The van der Waals surface area contributed by atoms with Crippen molar-refractivity contribution in [3.8, 4) is 11.6 Å². The van der Waals surface area contributed by atoms with Gasteiger partial charge in [-0.2, -0.15) is 0 Å². The number of aromatic amines is 1. The van der Waals surface area contributed by atoms with Crippen LogP contribution in [0.2, 0.25) is 5.02 Å². The number of halogens is 1. The van der Waals surface area contributed by atoms with E-state index in [9.17, 15) is 8.42 Å². The first-order valence-corrected chi connectivity index (χ1v) is 9.34. The van der Waals surface area contributed by atoms with Gasteiger partial charge in [-0.25, -0.2) is 8.42 Å². The molecule has 0 aliphatic rings. The van der Waals surface area contributed by atoms with Crippen LogP contribution in [0.25, 0.3) is 11.6 Å². The lowest BCUT2D eigenvalue weighted by Gasteiger charge is -2.10. The van der Waals surface area contributed by atoms with Gasteiger partial charge in [0.15, 0.2) is 0 Å². The number of aryl methyl sites for hydroxylation is 3. The molecule has 2 aromatic heterocycles. The van der Waals surface area contributed by atoms with E-state index in [4.69, 9.17) is 16.0 Å². The first-order chi connectivity index (χ1) is 11.7. The Bertz CT molecular complexity index is 1050. The summed E-state index contributed by atoms with van der Waals surface area (Å²) in [5.74, 6) is 0.649. The molecule has 2 N–H and O–H groups in total. The minimum Gasteiger partial charge on any atom is -0.420 e. The monoisotopic (exact) mass is 380 g/mol. The van der Waals surface area contributed by atoms with Gasteiger partial charge in [0, 0.05) is 23.2 Å². The van der Waals surface area contributed by atoms with Crippen LogP contribution in [0.3, 0.4) is 0 Å². The molecule has 0 aliphatic heterocycles. The van der Waals surface area contributed by atoms with Gasteiger partial charge in [-0.1, -0.05) is 17.7 Å². The molecule has 3 aromatic rings. The Balaban J connectivity index is 2.02. The van der Waals surface area contributed by atoms with Gasteiger partial charge in [0.25, 0.3) is 15.9 Å². The molecule has 0 unspecified atom stereocenters. The van der Waals surface area contributed by atoms with Crippen molar-refractivity contribution < 1.29 is 12.8 Å². The van der Waals surface area contributed by atoms with Gasteiger partial charge >= 0.3 is 0 Å². The third kappa shape index (κ3) is 3.27. The fourth-order valence-electron chi connectivity index (χ4n) is 2.61. The van der Waals surface area contributed by atoms with Crippen LogP contribution in [0.15, 0.2) is 27.5 Å². The molecule has 0 saturated heterocycles. The number of nitrogens with one attached hydrogen (secondary N) is 2. The fourth-order valence-corrected chi connectivity index (χ4v) is 4.29. The second-order valence-corrected chi connectivity index (χ2v) is 7.80. The molecule has 132 valence electrons. The second-order valence-electron chi connectivity index (χ2n) is 5.77. The van der Waals surface area contributed by atoms with E-state index in [1.165, 1.54) is 0 Å². The summed E-state index contributed by atoms with van der Waals surface area (Å²) in [6.45, 7) is 6.88. The van der Waals surface area contributed by atoms with Crippen molar-refractivity contribution >= 4 is 27.3 Å². The summed E-state index contributed by atoms with van der Waals surface area (Å²) < 4.78 is 33.6. The zero-order chi connectivity index (χ0) is 18.4. The van der Waals surface area contributed by atoms with Crippen molar-refractivity contribution in [2.24, 2.45) is 0 Å². The molecule has 0 bridgehead atoms. The van der Waals surface area contributed by atoms with Crippen molar-refractivity contribution in [1.82, 2.24) is 15.2 Å². The third-order valence-electron chi connectivity index (χ3n) is 3.80. The smallest absolute Gasteiger partial charge is 0.264 e. The van der Waals surface area contributed by atoms with E-state index in [1.807, 2.05) is 6.92 Å². The minimum absolute atomic E-state index is 0.148. The summed E-state index contributed by atoms with van der Waals surface area (Å²) >= 11 is 6.07. The minimum atomic E-state index is -3.81. The van der Waals surface area contributed by atoms with Crippen molar-refractivity contribution in [1.29, 1.82) is 0 Å². The highest BCUT2D eigenvalue weighted by Crippen LogP contribution is 2.31. The van der Waals surface area contributed by atoms with E-state index in [0.29, 0.717) is 33.6 Å². The largest absolute Gasteiger partial charge is 0.420 e. The summed E-state index contributed by atoms with van der Waals surface area (Å²) in [6, 6.07) is 5.00. The Kier molecular flexibility index (Phi) is 4.34. The van der Waals surface area contributed by atoms with Crippen LogP contribution in [-0.4, -0.2) is 23.6 Å². The third-order valence-corrected chi connectivity index (χ3v) is 5.86. The van der Waals surface area contributed by atoms with Crippen molar-refractivity contribution in [3.63, 3.8) is 0 Å². The van der Waals surface area contributed by atoms with E-state index in [2.05, 4.69) is 19.9 Å². The lowest BCUT2D eigenvalue weighted by molar-refractivity contribution is 0.531. The molecule has 7 nitrogen and oxygen atoms in total. The van der Waals surface area contributed by atoms with Crippen LogP contribution < -0.4 is 4.72 Å². The van der Waals surface area contributed by atoms with Gasteiger partial charge < -0.3 is 9.40 Å². The molecule has 2 heterocycles. The predicted molar refractivity (Wildman–Crippen MR) is 95.3 cm³/mol. The summed E-state index contributed by atoms with van der Waals surface area (Å²) in [6.07, 6.45) is 0. The molecule has 0 aliphatic carbocycles. The molecular weight excluding hydrogens is 364 g/mol. The second kappa shape index (κ2) is 6.20. The highest BCUT2D eigenvalue weighted by atomic mass is 35.5. The zero-order valence-corrected chi connectivity index (χ0v) is 15.7.